The van der Waals surface area contributed by atoms with Crippen molar-refractivity contribution in [1.82, 2.24) is 4.57 Å². The fourth-order valence-corrected chi connectivity index (χ4v) is 4.99. The minimum Gasteiger partial charge on any atom is -0.340 e. The highest BCUT2D eigenvalue weighted by Crippen LogP contribution is 2.51. The Morgan fingerprint density at radius 3 is 2.53 bits per heavy atom. The molecule has 0 bridgehead atoms. The summed E-state index contributed by atoms with van der Waals surface area (Å²) in [5.74, 6) is 1.28. The van der Waals surface area contributed by atoms with Crippen LogP contribution in [0.2, 0.25) is 0 Å². The van der Waals surface area contributed by atoms with E-state index in [2.05, 4.69) is 74.2 Å². The van der Waals surface area contributed by atoms with Crippen LogP contribution in [0.1, 0.15) is 62.4 Å². The summed E-state index contributed by atoms with van der Waals surface area (Å²) >= 11 is 0. The second kappa shape index (κ2) is 8.90. The SMILES string of the molecule is C=C=Cc1cn(C2(CC)CC(C(C)Cc3ccccc3)C2)c(C(=C)C)c(C=C)c1=O. The number of pyridine rings is 1. The molecule has 30 heavy (non-hydrogen) atoms. The molecule has 1 unspecified atom stereocenters. The van der Waals surface area contributed by atoms with Crippen LogP contribution in [0.4, 0.5) is 0 Å². The molecular formula is C28H33NO. The van der Waals surface area contributed by atoms with Crippen molar-refractivity contribution >= 4 is 17.7 Å². The van der Waals surface area contributed by atoms with Gasteiger partial charge in [0.05, 0.1) is 5.69 Å². The summed E-state index contributed by atoms with van der Waals surface area (Å²) in [6.45, 7) is 18.3. The van der Waals surface area contributed by atoms with Gasteiger partial charge in [0.15, 0.2) is 5.43 Å². The number of aromatic nitrogens is 1. The number of hydrogen-bond acceptors (Lipinski definition) is 1. The van der Waals surface area contributed by atoms with Gasteiger partial charge >= 0.3 is 0 Å². The molecule has 1 aliphatic carbocycles. The van der Waals surface area contributed by atoms with Gasteiger partial charge in [-0.2, -0.15) is 0 Å². The van der Waals surface area contributed by atoms with Gasteiger partial charge in [-0.1, -0.05) is 70.0 Å². The topological polar surface area (TPSA) is 22.0 Å². The van der Waals surface area contributed by atoms with Crippen molar-refractivity contribution in [2.24, 2.45) is 11.8 Å². The Bertz CT molecular complexity index is 1040. The summed E-state index contributed by atoms with van der Waals surface area (Å²) in [7, 11) is 0. The molecule has 0 radical (unpaired) electrons. The van der Waals surface area contributed by atoms with Gasteiger partial charge in [-0.3, -0.25) is 4.79 Å². The molecule has 0 N–H and O–H groups in total. The van der Waals surface area contributed by atoms with Crippen molar-refractivity contribution in [3.63, 3.8) is 0 Å². The van der Waals surface area contributed by atoms with Gasteiger partial charge in [0.1, 0.15) is 0 Å². The van der Waals surface area contributed by atoms with Crippen LogP contribution in [0.15, 0.2) is 66.8 Å². The second-order valence-electron chi connectivity index (χ2n) is 8.79. The predicted octanol–water partition coefficient (Wildman–Crippen LogP) is 6.72. The lowest BCUT2D eigenvalue weighted by atomic mass is 9.61. The molecule has 1 aromatic carbocycles. The molecule has 2 nitrogen and oxygen atoms in total. The molecular weight excluding hydrogens is 366 g/mol. The maximum Gasteiger partial charge on any atom is 0.197 e. The predicted molar refractivity (Wildman–Crippen MR) is 129 cm³/mol. The van der Waals surface area contributed by atoms with Gasteiger partial charge < -0.3 is 4.57 Å². The van der Waals surface area contributed by atoms with Gasteiger partial charge in [0.2, 0.25) is 0 Å². The first kappa shape index (κ1) is 21.9. The smallest absolute Gasteiger partial charge is 0.197 e. The number of allylic oxidation sites excluding steroid dienone is 1. The third-order valence-electron chi connectivity index (χ3n) is 6.80. The molecule has 3 rings (SSSR count). The highest BCUT2D eigenvalue weighted by atomic mass is 16.1. The molecule has 0 amide bonds. The van der Waals surface area contributed by atoms with Crippen molar-refractivity contribution in [2.75, 3.05) is 0 Å². The third kappa shape index (κ3) is 3.93. The maximum atomic E-state index is 12.9. The number of hydrogen-bond donors (Lipinski definition) is 0. The highest BCUT2D eigenvalue weighted by Gasteiger charge is 2.47. The maximum absolute atomic E-state index is 12.9. The molecule has 156 valence electrons. The van der Waals surface area contributed by atoms with Crippen LogP contribution in [0.25, 0.3) is 17.7 Å². The van der Waals surface area contributed by atoms with E-state index in [-0.39, 0.29) is 11.0 Å². The average molecular weight is 400 g/mol. The van der Waals surface area contributed by atoms with Gasteiger partial charge in [-0.05, 0) is 61.7 Å². The quantitative estimate of drug-likeness (QED) is 0.452. The fraction of sp³-hybridized carbons (Fsp3) is 0.357. The summed E-state index contributed by atoms with van der Waals surface area (Å²) in [5, 5.41) is 0. The van der Waals surface area contributed by atoms with E-state index >= 15 is 0 Å². The molecule has 2 aromatic rings. The molecule has 1 fully saturated rings. The lowest BCUT2D eigenvalue weighted by Gasteiger charge is -2.52. The standard InChI is InChI=1S/C28H33NO/c1-7-13-23-19-29(26(20(4)5)25(8-2)27(23)30)28(9-3)17-24(18-28)21(6)16-22-14-11-10-12-15-22/h8,10-15,19,21,24H,1-2,4,9,16-18H2,3,5-6H3. The lowest BCUT2D eigenvalue weighted by Crippen LogP contribution is -2.49. The normalized spacial score (nSPS) is 21.2. The van der Waals surface area contributed by atoms with Crippen LogP contribution in [0.5, 0.6) is 0 Å². The Morgan fingerprint density at radius 1 is 1.33 bits per heavy atom. The monoisotopic (exact) mass is 399 g/mol. The Balaban J connectivity index is 1.98. The number of benzene rings is 1. The summed E-state index contributed by atoms with van der Waals surface area (Å²) in [4.78, 5) is 12.9. The Hall–Kier alpha value is -2.83. The van der Waals surface area contributed by atoms with E-state index in [9.17, 15) is 4.79 Å². The van der Waals surface area contributed by atoms with E-state index in [1.165, 1.54) is 5.56 Å². The summed E-state index contributed by atoms with van der Waals surface area (Å²) in [6.07, 6.45) is 9.65. The van der Waals surface area contributed by atoms with Crippen LogP contribution in [-0.2, 0) is 12.0 Å². The molecule has 1 heterocycles. The second-order valence-corrected chi connectivity index (χ2v) is 8.79. The summed E-state index contributed by atoms with van der Waals surface area (Å²) in [5.41, 5.74) is 7.17. The molecule has 1 aromatic heterocycles. The zero-order valence-electron chi connectivity index (χ0n) is 18.6. The summed E-state index contributed by atoms with van der Waals surface area (Å²) in [6, 6.07) is 10.7. The minimum atomic E-state index is -0.0324. The van der Waals surface area contributed by atoms with E-state index in [0.717, 1.165) is 37.0 Å². The first-order valence-electron chi connectivity index (χ1n) is 10.8. The van der Waals surface area contributed by atoms with E-state index in [1.807, 2.05) is 13.1 Å². The molecule has 1 aliphatic rings. The first-order chi connectivity index (χ1) is 14.4. The van der Waals surface area contributed by atoms with Crippen LogP contribution in [-0.4, -0.2) is 4.57 Å². The molecule has 0 aliphatic heterocycles. The van der Waals surface area contributed by atoms with Crippen molar-refractivity contribution in [2.45, 2.75) is 52.0 Å². The van der Waals surface area contributed by atoms with Gasteiger partial charge in [0.25, 0.3) is 0 Å². The Labute approximate surface area is 181 Å². The Morgan fingerprint density at radius 2 is 2.00 bits per heavy atom. The van der Waals surface area contributed by atoms with E-state index in [4.69, 9.17) is 0 Å². The van der Waals surface area contributed by atoms with Gasteiger partial charge in [0, 0.05) is 22.9 Å². The van der Waals surface area contributed by atoms with E-state index in [0.29, 0.717) is 23.0 Å². The van der Waals surface area contributed by atoms with Crippen LogP contribution in [0, 0.1) is 11.8 Å². The number of nitrogens with zero attached hydrogens (tertiary/aromatic N) is 1. The lowest BCUT2D eigenvalue weighted by molar-refractivity contribution is 0.0266. The Kier molecular flexibility index (Phi) is 6.48. The average Bonchev–Trinajstić information content (AvgIpc) is 2.70. The van der Waals surface area contributed by atoms with Crippen molar-refractivity contribution < 1.29 is 0 Å². The molecule has 1 atom stereocenters. The van der Waals surface area contributed by atoms with Crippen molar-refractivity contribution in [3.8, 4) is 0 Å². The van der Waals surface area contributed by atoms with Gasteiger partial charge in [-0.15, -0.1) is 5.73 Å². The largest absolute Gasteiger partial charge is 0.340 e. The van der Waals surface area contributed by atoms with Crippen LogP contribution in [0.3, 0.4) is 0 Å². The van der Waals surface area contributed by atoms with E-state index < -0.39 is 0 Å². The van der Waals surface area contributed by atoms with Crippen LogP contribution < -0.4 is 5.43 Å². The van der Waals surface area contributed by atoms with Crippen LogP contribution >= 0.6 is 0 Å². The molecule has 1 saturated carbocycles. The molecule has 2 heteroatoms. The molecule has 0 saturated heterocycles. The van der Waals surface area contributed by atoms with Gasteiger partial charge in [-0.25, -0.2) is 0 Å². The zero-order chi connectivity index (χ0) is 21.9. The third-order valence-corrected chi connectivity index (χ3v) is 6.80. The minimum absolute atomic E-state index is 0.000875. The highest BCUT2D eigenvalue weighted by molar-refractivity contribution is 5.71. The summed E-state index contributed by atoms with van der Waals surface area (Å²) < 4.78 is 2.31. The van der Waals surface area contributed by atoms with Crippen molar-refractivity contribution in [1.29, 1.82) is 0 Å². The van der Waals surface area contributed by atoms with E-state index in [1.54, 1.807) is 12.2 Å². The molecule has 0 spiro atoms. The van der Waals surface area contributed by atoms with Crippen molar-refractivity contribution in [3.05, 3.63) is 94.6 Å². The fourth-order valence-electron chi connectivity index (χ4n) is 4.99. The zero-order valence-corrected chi connectivity index (χ0v) is 18.6. The number of rotatable bonds is 8. The first-order valence-corrected chi connectivity index (χ1v) is 10.8.